The van der Waals surface area contributed by atoms with Crippen LogP contribution in [0.1, 0.15) is 11.1 Å². The first kappa shape index (κ1) is 19.6. The van der Waals surface area contributed by atoms with E-state index < -0.39 is 0 Å². The van der Waals surface area contributed by atoms with Crippen molar-refractivity contribution in [1.29, 1.82) is 0 Å². The predicted octanol–water partition coefficient (Wildman–Crippen LogP) is 7.33. The summed E-state index contributed by atoms with van der Waals surface area (Å²) in [6.07, 6.45) is 9.18. The molecule has 0 atom stereocenters. The van der Waals surface area contributed by atoms with Crippen molar-refractivity contribution in [3.8, 4) is 0 Å². The van der Waals surface area contributed by atoms with E-state index in [1.54, 1.807) is 0 Å². The molecule has 2 aromatic carbocycles. The van der Waals surface area contributed by atoms with Crippen LogP contribution >= 0.6 is 47.0 Å². The minimum atomic E-state index is 0.304. The Morgan fingerprint density at radius 3 is 1.52 bits per heavy atom. The van der Waals surface area contributed by atoms with Gasteiger partial charge in [-0.2, -0.15) is 0 Å². The molecule has 0 saturated heterocycles. The van der Waals surface area contributed by atoms with Crippen LogP contribution in [0, 0.1) is 0 Å². The molecule has 0 bridgehead atoms. The van der Waals surface area contributed by atoms with Crippen molar-refractivity contribution in [3.63, 3.8) is 0 Å². The molecule has 0 nitrogen and oxygen atoms in total. The van der Waals surface area contributed by atoms with E-state index in [-0.39, 0.29) is 0 Å². The van der Waals surface area contributed by atoms with Crippen molar-refractivity contribution in [2.75, 3.05) is 12.5 Å². The Kier molecular flexibility index (Phi) is 6.70. The van der Waals surface area contributed by atoms with Crippen LogP contribution in [-0.4, -0.2) is 27.5 Å². The monoisotopic (exact) mass is 490 g/mol. The minimum absolute atomic E-state index is 0.304. The second-order valence-corrected chi connectivity index (χ2v) is 12.5. The van der Waals surface area contributed by atoms with E-state index in [9.17, 15) is 0 Å². The first-order valence-corrected chi connectivity index (χ1v) is 14.2. The fourth-order valence-electron chi connectivity index (χ4n) is 2.75. The zero-order valence-corrected chi connectivity index (χ0v) is 19.9. The third-order valence-electron chi connectivity index (χ3n) is 4.05. The van der Waals surface area contributed by atoms with Crippen LogP contribution in [0.2, 0.25) is 0 Å². The van der Waals surface area contributed by atoms with Gasteiger partial charge in [0, 0.05) is 0 Å². The molecule has 136 valence electrons. The molecule has 0 saturated carbocycles. The van der Waals surface area contributed by atoms with E-state index in [4.69, 9.17) is 0 Å². The zero-order valence-electron chi connectivity index (χ0n) is 15.0. The molecule has 2 heterocycles. The van der Waals surface area contributed by atoms with Crippen LogP contribution in [-0.2, 0) is 0 Å². The average molecular weight is 490 g/mol. The quantitative estimate of drug-likeness (QED) is 0.412. The molecule has 2 aliphatic rings. The second-order valence-electron chi connectivity index (χ2n) is 5.78. The van der Waals surface area contributed by atoms with Crippen LogP contribution in [0.4, 0.5) is 0 Å². The van der Waals surface area contributed by atoms with Gasteiger partial charge in [-0.15, -0.1) is 0 Å². The number of benzene rings is 2. The predicted molar refractivity (Wildman–Crippen MR) is 131 cm³/mol. The van der Waals surface area contributed by atoms with Crippen LogP contribution in [0.3, 0.4) is 0 Å². The van der Waals surface area contributed by atoms with E-state index in [1.165, 1.54) is 38.4 Å². The summed E-state index contributed by atoms with van der Waals surface area (Å²) < 4.78 is 7.17. The van der Waals surface area contributed by atoms with Crippen molar-refractivity contribution in [2.24, 2.45) is 0 Å². The summed E-state index contributed by atoms with van der Waals surface area (Å²) >= 11 is 7.87. The molecule has 2 aromatic rings. The van der Waals surface area contributed by atoms with E-state index in [2.05, 4.69) is 85.3 Å². The van der Waals surface area contributed by atoms with Crippen LogP contribution in [0.25, 0.3) is 8.94 Å². The van der Waals surface area contributed by atoms with Crippen molar-refractivity contribution in [2.45, 2.75) is 0 Å². The summed E-state index contributed by atoms with van der Waals surface area (Å²) in [4.78, 5) is 0. The molecule has 27 heavy (non-hydrogen) atoms. The summed E-state index contributed by atoms with van der Waals surface area (Å²) in [6, 6.07) is 21.7. The van der Waals surface area contributed by atoms with Crippen LogP contribution in [0.15, 0.2) is 91.1 Å². The number of allylic oxidation sites excluding steroid dienone is 3. The Morgan fingerprint density at radius 2 is 1.11 bits per heavy atom. The normalized spacial score (nSPS) is 17.3. The molecule has 0 spiro atoms. The number of hydrogen-bond acceptors (Lipinski definition) is 4. The third-order valence-corrected chi connectivity index (χ3v) is 11.7. The van der Waals surface area contributed by atoms with Gasteiger partial charge in [-0.25, -0.2) is 0 Å². The van der Waals surface area contributed by atoms with E-state index >= 15 is 0 Å². The van der Waals surface area contributed by atoms with Crippen molar-refractivity contribution in [1.82, 2.24) is 0 Å². The van der Waals surface area contributed by atoms with Crippen molar-refractivity contribution in [3.05, 3.63) is 102 Å². The van der Waals surface area contributed by atoms with Gasteiger partial charge in [0.05, 0.1) is 0 Å². The Morgan fingerprint density at radius 1 is 0.667 bits per heavy atom. The standard InChI is InChI=1S/C22H18S4Se/c1-23-21-22(24-2)26-20(25-21)17-13-18(15-9-5-3-6-10-15)27-19(14-17)16-11-7-4-8-12-16/h3-14H,1-2H3. The first-order chi connectivity index (χ1) is 13.3. The van der Waals surface area contributed by atoms with E-state index in [1.807, 2.05) is 47.0 Å². The molecule has 5 heteroatoms. The van der Waals surface area contributed by atoms with E-state index in [0.29, 0.717) is 15.0 Å². The maximum atomic E-state index is 2.42. The molecule has 2 aliphatic heterocycles. The van der Waals surface area contributed by atoms with Gasteiger partial charge in [0.2, 0.25) is 0 Å². The summed E-state index contributed by atoms with van der Waals surface area (Å²) in [5.74, 6) is 0. The summed E-state index contributed by atoms with van der Waals surface area (Å²) in [5.41, 5.74) is 4.04. The molecule has 0 amide bonds. The zero-order chi connectivity index (χ0) is 18.6. The maximum absolute atomic E-state index is 2.42. The van der Waals surface area contributed by atoms with Gasteiger partial charge < -0.3 is 0 Å². The van der Waals surface area contributed by atoms with Crippen molar-refractivity contribution >= 4 is 70.9 Å². The molecule has 0 fully saturated rings. The van der Waals surface area contributed by atoms with Gasteiger partial charge in [0.25, 0.3) is 0 Å². The topological polar surface area (TPSA) is 0 Å². The fourth-order valence-corrected chi connectivity index (χ4v) is 10.0. The summed E-state index contributed by atoms with van der Waals surface area (Å²) in [7, 11) is 0. The molecular weight excluding hydrogens is 471 g/mol. The molecule has 0 aromatic heterocycles. The molecule has 0 radical (unpaired) electrons. The van der Waals surface area contributed by atoms with Gasteiger partial charge >= 0.3 is 186 Å². The third kappa shape index (κ3) is 4.50. The molecular formula is C22H18S4Se. The Balaban J connectivity index is 1.78. The number of thioether (sulfide) groups is 4. The Hall–Kier alpha value is -0.681. The summed E-state index contributed by atoms with van der Waals surface area (Å²) in [6.45, 7) is 0. The van der Waals surface area contributed by atoms with Crippen LogP contribution in [0.5, 0.6) is 0 Å². The second kappa shape index (κ2) is 9.21. The Bertz CT molecular complexity index is 881. The SMILES string of the molecule is CSC1=C(SC)SC(=C2C=C(c3ccccc3)[Se]C(c3ccccc3)=C2)S1. The Labute approximate surface area is 184 Å². The molecule has 0 unspecified atom stereocenters. The fraction of sp³-hybridized carbons (Fsp3) is 0.0909. The molecule has 0 aliphatic carbocycles. The van der Waals surface area contributed by atoms with Gasteiger partial charge in [-0.3, -0.25) is 0 Å². The van der Waals surface area contributed by atoms with E-state index in [0.717, 1.165) is 0 Å². The van der Waals surface area contributed by atoms with Gasteiger partial charge in [0.15, 0.2) is 0 Å². The molecule has 4 rings (SSSR count). The first-order valence-electron chi connectivity index (χ1n) is 8.43. The van der Waals surface area contributed by atoms with Crippen LogP contribution < -0.4 is 0 Å². The number of rotatable bonds is 4. The van der Waals surface area contributed by atoms with Crippen molar-refractivity contribution < 1.29 is 0 Å². The van der Waals surface area contributed by atoms with Gasteiger partial charge in [-0.05, 0) is 0 Å². The average Bonchev–Trinajstić information content (AvgIpc) is 3.18. The molecule has 0 N–H and O–H groups in total. The number of hydrogen-bond donors (Lipinski definition) is 0. The van der Waals surface area contributed by atoms with Gasteiger partial charge in [-0.1, -0.05) is 0 Å². The summed E-state index contributed by atoms with van der Waals surface area (Å²) in [5, 5.41) is 0. The van der Waals surface area contributed by atoms with Gasteiger partial charge in [0.1, 0.15) is 0 Å².